The number of fused-ring (bicyclic) bond motifs is 6. The van der Waals surface area contributed by atoms with Gasteiger partial charge in [-0.3, -0.25) is 19.7 Å². The molecule has 2 aliphatic heterocycles. The Labute approximate surface area is 179 Å². The van der Waals surface area contributed by atoms with E-state index in [1.807, 2.05) is 29.2 Å². The summed E-state index contributed by atoms with van der Waals surface area (Å²) in [5, 5.41) is 20.5. The van der Waals surface area contributed by atoms with Crippen molar-refractivity contribution in [3.63, 3.8) is 0 Å². The van der Waals surface area contributed by atoms with Crippen LogP contribution in [0.25, 0.3) is 10.9 Å². The second-order valence-corrected chi connectivity index (χ2v) is 8.28. The zero-order chi connectivity index (χ0) is 21.7. The standard InChI is InChI=1S/C23H24N4O4/c1-25-13-20(28)26-11-17(23(25)30)21-16-4-2-3-5-18(16)27(19(21)12-26)10-14-6-8-15(9-7-14)22(29)24-31/h2-9,17,20,28,31H,10-13H2,1H3,(H,24,29). The number of carbonyl (C=O) groups is 2. The van der Waals surface area contributed by atoms with Crippen LogP contribution in [0.2, 0.25) is 0 Å². The highest BCUT2D eigenvalue weighted by molar-refractivity contribution is 5.95. The van der Waals surface area contributed by atoms with Crippen LogP contribution in [0.15, 0.2) is 48.5 Å². The van der Waals surface area contributed by atoms with Crippen molar-refractivity contribution >= 4 is 22.7 Å². The molecule has 2 aromatic carbocycles. The summed E-state index contributed by atoms with van der Waals surface area (Å²) < 4.78 is 2.20. The van der Waals surface area contributed by atoms with Gasteiger partial charge >= 0.3 is 0 Å². The highest BCUT2D eigenvalue weighted by Gasteiger charge is 2.41. The molecule has 3 atom stereocenters. The molecule has 3 aromatic rings. The van der Waals surface area contributed by atoms with E-state index in [1.54, 1.807) is 29.6 Å². The summed E-state index contributed by atoms with van der Waals surface area (Å²) in [6, 6.07) is 15.1. The van der Waals surface area contributed by atoms with Gasteiger partial charge in [-0.05, 0) is 29.3 Å². The van der Waals surface area contributed by atoms with E-state index in [4.69, 9.17) is 5.21 Å². The number of carbonyl (C=O) groups excluding carboxylic acids is 2. The van der Waals surface area contributed by atoms with Gasteiger partial charge < -0.3 is 14.6 Å². The predicted octanol–water partition coefficient (Wildman–Crippen LogP) is 1.50. The van der Waals surface area contributed by atoms with Crippen LogP contribution >= 0.6 is 0 Å². The van der Waals surface area contributed by atoms with E-state index in [0.29, 0.717) is 31.7 Å². The van der Waals surface area contributed by atoms with Crippen LogP contribution in [0.3, 0.4) is 0 Å². The van der Waals surface area contributed by atoms with Gasteiger partial charge in [-0.15, -0.1) is 0 Å². The number of likely N-dealkylation sites (N-methyl/N-ethyl adjacent to an activating group) is 1. The van der Waals surface area contributed by atoms with E-state index in [0.717, 1.165) is 27.7 Å². The summed E-state index contributed by atoms with van der Waals surface area (Å²) in [4.78, 5) is 28.3. The quantitative estimate of drug-likeness (QED) is 0.441. The molecule has 0 radical (unpaired) electrons. The second kappa shape index (κ2) is 7.49. The molecule has 160 valence electrons. The smallest absolute Gasteiger partial charge is 0.274 e. The number of aliphatic hydroxyl groups is 1. The van der Waals surface area contributed by atoms with Gasteiger partial charge in [0.25, 0.3) is 5.91 Å². The van der Waals surface area contributed by atoms with Crippen molar-refractivity contribution in [2.75, 3.05) is 20.1 Å². The lowest BCUT2D eigenvalue weighted by atomic mass is 9.91. The molecule has 1 aromatic heterocycles. The number of nitrogens with one attached hydrogen (secondary N) is 1. The van der Waals surface area contributed by atoms with Gasteiger partial charge in [0, 0.05) is 48.8 Å². The third kappa shape index (κ3) is 3.20. The number of β-amino-alcohol motifs (C(OH)–C–C–N with tert-alkyl or cyclic N) is 1. The van der Waals surface area contributed by atoms with Crippen molar-refractivity contribution in [2.24, 2.45) is 0 Å². The average molecular weight is 420 g/mol. The Morgan fingerprint density at radius 2 is 1.87 bits per heavy atom. The first-order chi connectivity index (χ1) is 15.0. The number of benzene rings is 2. The first-order valence-corrected chi connectivity index (χ1v) is 10.3. The maximum Gasteiger partial charge on any atom is 0.274 e. The lowest BCUT2D eigenvalue weighted by molar-refractivity contribution is -0.131. The van der Waals surface area contributed by atoms with Gasteiger partial charge in [0.2, 0.25) is 5.91 Å². The average Bonchev–Trinajstić information content (AvgIpc) is 3.07. The summed E-state index contributed by atoms with van der Waals surface area (Å²) in [5.74, 6) is -0.832. The normalized spacial score (nSPS) is 22.9. The Morgan fingerprint density at radius 1 is 1.13 bits per heavy atom. The van der Waals surface area contributed by atoms with E-state index in [1.165, 1.54) is 0 Å². The molecule has 0 spiro atoms. The zero-order valence-electron chi connectivity index (χ0n) is 17.2. The number of hydrogen-bond donors (Lipinski definition) is 3. The van der Waals surface area contributed by atoms with Crippen molar-refractivity contribution < 1.29 is 19.9 Å². The third-order valence-electron chi connectivity index (χ3n) is 6.43. The molecule has 5 rings (SSSR count). The fraction of sp³-hybridized carbons (Fsp3) is 0.304. The minimum atomic E-state index is -0.699. The first-order valence-electron chi connectivity index (χ1n) is 10.3. The molecule has 1 saturated heterocycles. The molecule has 1 fully saturated rings. The van der Waals surface area contributed by atoms with Crippen molar-refractivity contribution in [1.82, 2.24) is 19.8 Å². The summed E-state index contributed by atoms with van der Waals surface area (Å²) in [6.45, 7) is 1.94. The summed E-state index contributed by atoms with van der Waals surface area (Å²) in [5.41, 5.74) is 6.14. The fourth-order valence-electron chi connectivity index (χ4n) is 4.86. The van der Waals surface area contributed by atoms with Crippen LogP contribution in [0, 0.1) is 0 Å². The van der Waals surface area contributed by atoms with Crippen molar-refractivity contribution in [3.8, 4) is 0 Å². The molecular weight excluding hydrogens is 396 g/mol. The number of hydrogen-bond acceptors (Lipinski definition) is 5. The Balaban J connectivity index is 1.62. The Kier molecular flexibility index (Phi) is 4.77. The molecule has 0 aliphatic carbocycles. The van der Waals surface area contributed by atoms with Gasteiger partial charge in [-0.25, -0.2) is 5.48 Å². The minimum Gasteiger partial charge on any atom is -0.376 e. The summed E-state index contributed by atoms with van der Waals surface area (Å²) >= 11 is 0. The molecule has 8 nitrogen and oxygen atoms in total. The molecular formula is C23H24N4O4. The number of aromatic nitrogens is 1. The monoisotopic (exact) mass is 420 g/mol. The molecule has 3 heterocycles. The largest absolute Gasteiger partial charge is 0.376 e. The third-order valence-corrected chi connectivity index (χ3v) is 6.43. The molecule has 0 saturated carbocycles. The molecule has 31 heavy (non-hydrogen) atoms. The molecule has 2 amide bonds. The van der Waals surface area contributed by atoms with Crippen LogP contribution in [-0.4, -0.2) is 62.9 Å². The van der Waals surface area contributed by atoms with E-state index in [-0.39, 0.29) is 11.8 Å². The SMILES string of the molecule is CN1CC(O)N2Cc3c(c4ccccc4n3Cc3ccc(C(=O)NO)cc3)C(C2)C1=O. The highest BCUT2D eigenvalue weighted by Crippen LogP contribution is 2.40. The summed E-state index contributed by atoms with van der Waals surface area (Å²) in [6.07, 6.45) is -0.699. The van der Waals surface area contributed by atoms with Gasteiger partial charge in [0.15, 0.2) is 0 Å². The number of nitrogens with zero attached hydrogens (tertiary/aromatic N) is 3. The predicted molar refractivity (Wildman–Crippen MR) is 114 cm³/mol. The summed E-state index contributed by atoms with van der Waals surface area (Å²) in [7, 11) is 1.75. The Morgan fingerprint density at radius 3 is 2.61 bits per heavy atom. The van der Waals surface area contributed by atoms with Gasteiger partial charge in [-0.2, -0.15) is 0 Å². The topological polar surface area (TPSA) is 98.0 Å². The minimum absolute atomic E-state index is 0.0322. The van der Waals surface area contributed by atoms with Gasteiger partial charge in [0.05, 0.1) is 12.5 Å². The number of hydroxylamine groups is 1. The molecule has 3 unspecified atom stereocenters. The van der Waals surface area contributed by atoms with Crippen LogP contribution in [0.5, 0.6) is 0 Å². The van der Waals surface area contributed by atoms with Crippen LogP contribution in [0.4, 0.5) is 0 Å². The van der Waals surface area contributed by atoms with Crippen molar-refractivity contribution in [1.29, 1.82) is 0 Å². The molecule has 8 heteroatoms. The molecule has 2 aliphatic rings. The van der Waals surface area contributed by atoms with Crippen molar-refractivity contribution in [2.45, 2.75) is 25.2 Å². The molecule has 3 N–H and O–H groups in total. The zero-order valence-corrected chi connectivity index (χ0v) is 17.2. The maximum atomic E-state index is 13.1. The van der Waals surface area contributed by atoms with E-state index < -0.39 is 12.1 Å². The Bertz CT molecular complexity index is 1170. The number of amides is 2. The first kappa shape index (κ1) is 19.7. The van der Waals surface area contributed by atoms with E-state index >= 15 is 0 Å². The highest BCUT2D eigenvalue weighted by atomic mass is 16.5. The second-order valence-electron chi connectivity index (χ2n) is 8.28. The molecule has 2 bridgehead atoms. The maximum absolute atomic E-state index is 13.1. The van der Waals surface area contributed by atoms with Crippen LogP contribution in [-0.2, 0) is 17.9 Å². The lowest BCUT2D eigenvalue weighted by Crippen LogP contribution is -2.42. The number of rotatable bonds is 3. The number of para-hydroxylation sites is 1. The van der Waals surface area contributed by atoms with E-state index in [9.17, 15) is 14.7 Å². The Hall–Kier alpha value is -3.20. The number of aliphatic hydroxyl groups excluding tert-OH is 1. The van der Waals surface area contributed by atoms with Gasteiger partial charge in [-0.1, -0.05) is 30.3 Å². The van der Waals surface area contributed by atoms with Crippen LogP contribution < -0.4 is 5.48 Å². The van der Waals surface area contributed by atoms with Crippen LogP contribution in [0.1, 0.15) is 33.1 Å². The van der Waals surface area contributed by atoms with Crippen molar-refractivity contribution in [3.05, 3.63) is 70.9 Å². The van der Waals surface area contributed by atoms with E-state index in [2.05, 4.69) is 16.7 Å². The fourth-order valence-corrected chi connectivity index (χ4v) is 4.86. The lowest BCUT2D eigenvalue weighted by Gasteiger charge is -2.32. The van der Waals surface area contributed by atoms with Gasteiger partial charge in [0.1, 0.15) is 6.23 Å².